The zero-order chi connectivity index (χ0) is 21.8. The third-order valence-electron chi connectivity index (χ3n) is 5.07. The summed E-state index contributed by atoms with van der Waals surface area (Å²) in [5.41, 5.74) is 15.5. The first-order valence-electron chi connectivity index (χ1n) is 10.4. The van der Waals surface area contributed by atoms with Gasteiger partial charge < -0.3 is 20.9 Å². The van der Waals surface area contributed by atoms with Gasteiger partial charge in [0, 0.05) is 18.2 Å². The molecule has 1 aromatic heterocycles. The van der Waals surface area contributed by atoms with Crippen molar-refractivity contribution in [1.29, 1.82) is 0 Å². The molecule has 0 unspecified atom stereocenters. The van der Waals surface area contributed by atoms with Crippen LogP contribution in [0.25, 0.3) is 21.9 Å². The van der Waals surface area contributed by atoms with Crippen molar-refractivity contribution in [1.82, 2.24) is 9.97 Å². The van der Waals surface area contributed by atoms with Gasteiger partial charge in [-0.15, -0.1) is 0 Å². The van der Waals surface area contributed by atoms with Crippen molar-refractivity contribution in [3.63, 3.8) is 0 Å². The first kappa shape index (κ1) is 20.5. The van der Waals surface area contributed by atoms with E-state index >= 15 is 0 Å². The van der Waals surface area contributed by atoms with Crippen LogP contribution >= 0.6 is 0 Å². The van der Waals surface area contributed by atoms with E-state index in [1.165, 1.54) is 10.8 Å². The highest BCUT2D eigenvalue weighted by Gasteiger charge is 2.17. The summed E-state index contributed by atoms with van der Waals surface area (Å²) in [6.07, 6.45) is 2.21. The highest BCUT2D eigenvalue weighted by Crippen LogP contribution is 2.41. The number of ether oxygens (including phenoxy) is 2. The number of fused-ring (bicyclic) bond motifs is 1. The number of nitrogens with zero attached hydrogens (tertiary/aromatic N) is 2. The molecule has 0 aliphatic rings. The molecular weight excluding hydrogens is 388 g/mol. The smallest absolute Gasteiger partial charge is 0.221 e. The van der Waals surface area contributed by atoms with E-state index in [0.29, 0.717) is 25.5 Å². The molecule has 4 rings (SSSR count). The Balaban J connectivity index is 1.83. The van der Waals surface area contributed by atoms with Crippen molar-refractivity contribution in [2.75, 3.05) is 24.7 Å². The molecule has 6 nitrogen and oxygen atoms in total. The molecule has 6 heteroatoms. The van der Waals surface area contributed by atoms with Gasteiger partial charge in [0.05, 0.1) is 18.8 Å². The van der Waals surface area contributed by atoms with Crippen molar-refractivity contribution >= 4 is 22.5 Å². The van der Waals surface area contributed by atoms with E-state index in [-0.39, 0.29) is 5.95 Å². The second-order valence-electron chi connectivity index (χ2n) is 7.21. The lowest BCUT2D eigenvalue weighted by Crippen LogP contribution is -2.05. The standard InChI is InChI=1S/C25H26N4O2/c1-3-30-21-12-16(11-20-15-28-25(27)29-24(20)26)13-22(31-4-2)23(21)19-10-9-17-7-5-6-8-18(17)14-19/h5-10,12-15H,3-4,11H2,1-2H3,(H4,26,27,28,29). The first-order chi connectivity index (χ1) is 15.1. The number of hydrogen-bond acceptors (Lipinski definition) is 6. The van der Waals surface area contributed by atoms with Gasteiger partial charge in [-0.25, -0.2) is 4.98 Å². The first-order valence-corrected chi connectivity index (χ1v) is 10.4. The van der Waals surface area contributed by atoms with Gasteiger partial charge in [-0.05, 0) is 53.9 Å². The van der Waals surface area contributed by atoms with Crippen LogP contribution in [0.1, 0.15) is 25.0 Å². The Kier molecular flexibility index (Phi) is 5.89. The van der Waals surface area contributed by atoms with Gasteiger partial charge in [-0.2, -0.15) is 4.98 Å². The van der Waals surface area contributed by atoms with Crippen LogP contribution < -0.4 is 20.9 Å². The topological polar surface area (TPSA) is 96.3 Å². The summed E-state index contributed by atoms with van der Waals surface area (Å²) < 4.78 is 12.1. The van der Waals surface area contributed by atoms with Crippen LogP contribution in [0, 0.1) is 0 Å². The molecule has 31 heavy (non-hydrogen) atoms. The minimum absolute atomic E-state index is 0.165. The Morgan fingerprint density at radius 3 is 2.16 bits per heavy atom. The lowest BCUT2D eigenvalue weighted by Gasteiger charge is -2.18. The third kappa shape index (κ3) is 4.38. The average Bonchev–Trinajstić information content (AvgIpc) is 2.76. The predicted octanol–water partition coefficient (Wildman–Crippen LogP) is 4.85. The fourth-order valence-corrected chi connectivity index (χ4v) is 3.70. The number of nitrogen functional groups attached to an aromatic ring is 2. The summed E-state index contributed by atoms with van der Waals surface area (Å²) in [7, 11) is 0. The van der Waals surface area contributed by atoms with Crippen LogP contribution in [-0.2, 0) is 6.42 Å². The van der Waals surface area contributed by atoms with Crippen LogP contribution in [0.15, 0.2) is 60.8 Å². The third-order valence-corrected chi connectivity index (χ3v) is 5.07. The molecule has 1 heterocycles. The molecule has 0 saturated carbocycles. The van der Waals surface area contributed by atoms with E-state index in [0.717, 1.165) is 33.8 Å². The maximum absolute atomic E-state index is 6.06. The minimum atomic E-state index is 0.165. The van der Waals surface area contributed by atoms with E-state index in [1.807, 2.05) is 38.1 Å². The van der Waals surface area contributed by atoms with E-state index < -0.39 is 0 Å². The molecule has 4 N–H and O–H groups in total. The van der Waals surface area contributed by atoms with Crippen LogP contribution in [0.4, 0.5) is 11.8 Å². The van der Waals surface area contributed by atoms with E-state index in [1.54, 1.807) is 6.20 Å². The van der Waals surface area contributed by atoms with Crippen LogP contribution in [-0.4, -0.2) is 23.2 Å². The monoisotopic (exact) mass is 414 g/mol. The Bertz CT molecular complexity index is 1200. The molecule has 0 fully saturated rings. The molecule has 0 atom stereocenters. The second kappa shape index (κ2) is 8.92. The number of aromatic nitrogens is 2. The SMILES string of the molecule is CCOc1cc(Cc2cnc(N)nc2N)cc(OCC)c1-c1ccc2ccccc2c1. The van der Waals surface area contributed by atoms with Crippen LogP contribution in [0.2, 0.25) is 0 Å². The van der Waals surface area contributed by atoms with Gasteiger partial charge in [0.25, 0.3) is 0 Å². The molecule has 0 radical (unpaired) electrons. The molecule has 0 saturated heterocycles. The molecule has 3 aromatic carbocycles. The highest BCUT2D eigenvalue weighted by atomic mass is 16.5. The Labute approximate surface area is 181 Å². The number of anilines is 2. The second-order valence-corrected chi connectivity index (χ2v) is 7.21. The van der Waals surface area contributed by atoms with E-state index in [2.05, 4.69) is 40.3 Å². The Morgan fingerprint density at radius 2 is 1.52 bits per heavy atom. The van der Waals surface area contributed by atoms with Crippen molar-refractivity contribution in [3.8, 4) is 22.6 Å². The molecule has 0 spiro atoms. The number of nitrogens with two attached hydrogens (primary N) is 2. The fraction of sp³-hybridized carbons (Fsp3) is 0.200. The molecular formula is C25H26N4O2. The van der Waals surface area contributed by atoms with Crippen molar-refractivity contribution < 1.29 is 9.47 Å². The molecule has 0 bridgehead atoms. The Morgan fingerprint density at radius 1 is 0.839 bits per heavy atom. The van der Waals surface area contributed by atoms with Gasteiger partial charge >= 0.3 is 0 Å². The van der Waals surface area contributed by atoms with E-state index in [4.69, 9.17) is 20.9 Å². The summed E-state index contributed by atoms with van der Waals surface area (Å²) in [5.74, 6) is 2.09. The highest BCUT2D eigenvalue weighted by molar-refractivity contribution is 5.90. The average molecular weight is 415 g/mol. The van der Waals surface area contributed by atoms with Crippen LogP contribution in [0.5, 0.6) is 11.5 Å². The quantitative estimate of drug-likeness (QED) is 0.449. The predicted molar refractivity (Wildman–Crippen MR) is 125 cm³/mol. The van der Waals surface area contributed by atoms with Gasteiger partial charge in [-0.1, -0.05) is 36.4 Å². The molecule has 0 aliphatic carbocycles. The van der Waals surface area contributed by atoms with Gasteiger partial charge in [0.2, 0.25) is 5.95 Å². The summed E-state index contributed by atoms with van der Waals surface area (Å²) in [6, 6.07) is 18.8. The van der Waals surface area contributed by atoms with Gasteiger partial charge in [0.15, 0.2) is 0 Å². The summed E-state index contributed by atoms with van der Waals surface area (Å²) in [4.78, 5) is 8.14. The minimum Gasteiger partial charge on any atom is -0.493 e. The van der Waals surface area contributed by atoms with Crippen LogP contribution in [0.3, 0.4) is 0 Å². The number of rotatable bonds is 7. The van der Waals surface area contributed by atoms with Crippen molar-refractivity contribution in [2.24, 2.45) is 0 Å². The van der Waals surface area contributed by atoms with Crippen molar-refractivity contribution in [2.45, 2.75) is 20.3 Å². The maximum atomic E-state index is 6.06. The Hall–Kier alpha value is -3.80. The summed E-state index contributed by atoms with van der Waals surface area (Å²) in [5, 5.41) is 2.36. The largest absolute Gasteiger partial charge is 0.493 e. The lowest BCUT2D eigenvalue weighted by molar-refractivity contribution is 0.325. The molecule has 0 aliphatic heterocycles. The van der Waals surface area contributed by atoms with Gasteiger partial charge in [-0.3, -0.25) is 0 Å². The summed E-state index contributed by atoms with van der Waals surface area (Å²) >= 11 is 0. The summed E-state index contributed by atoms with van der Waals surface area (Å²) in [6.45, 7) is 5.04. The van der Waals surface area contributed by atoms with Gasteiger partial charge in [0.1, 0.15) is 17.3 Å². The normalized spacial score (nSPS) is 10.9. The molecule has 4 aromatic rings. The molecule has 0 amide bonds. The van der Waals surface area contributed by atoms with Crippen molar-refractivity contribution in [3.05, 3.63) is 71.9 Å². The number of benzene rings is 3. The van der Waals surface area contributed by atoms with E-state index in [9.17, 15) is 0 Å². The lowest BCUT2D eigenvalue weighted by atomic mass is 9.96. The number of hydrogen-bond donors (Lipinski definition) is 2. The zero-order valence-corrected chi connectivity index (χ0v) is 17.8. The molecule has 158 valence electrons. The fourth-order valence-electron chi connectivity index (χ4n) is 3.70. The maximum Gasteiger partial charge on any atom is 0.221 e. The zero-order valence-electron chi connectivity index (χ0n) is 17.8.